The second-order valence-corrected chi connectivity index (χ2v) is 4.27. The third-order valence-corrected chi connectivity index (χ3v) is 2.78. The average molecular weight is 258 g/mol. The number of aryl methyl sites for hydroxylation is 1. The number of nitrogens with one attached hydrogen (secondary N) is 1. The van der Waals surface area contributed by atoms with E-state index in [1.807, 2.05) is 25.1 Å². The van der Waals surface area contributed by atoms with E-state index in [0.717, 1.165) is 25.1 Å². The van der Waals surface area contributed by atoms with Crippen molar-refractivity contribution in [2.75, 3.05) is 11.9 Å². The fourth-order valence-electron chi connectivity index (χ4n) is 1.84. The maximum atomic E-state index is 12.0. The second kappa shape index (κ2) is 6.68. The van der Waals surface area contributed by atoms with Gasteiger partial charge in [-0.05, 0) is 18.6 Å². The lowest BCUT2D eigenvalue weighted by molar-refractivity contribution is 0.649. The SMILES string of the molecule is CCCn1ccnc(NCCc2ccccn2)c1=O. The molecule has 5 heteroatoms. The van der Waals surface area contributed by atoms with Gasteiger partial charge in [0.05, 0.1) is 0 Å². The van der Waals surface area contributed by atoms with Gasteiger partial charge in [-0.1, -0.05) is 13.0 Å². The van der Waals surface area contributed by atoms with Crippen LogP contribution in [0.15, 0.2) is 41.6 Å². The topological polar surface area (TPSA) is 59.8 Å². The number of hydrogen-bond donors (Lipinski definition) is 1. The molecule has 0 unspecified atom stereocenters. The summed E-state index contributed by atoms with van der Waals surface area (Å²) in [5.74, 6) is 0.409. The first kappa shape index (κ1) is 13.3. The number of hydrogen-bond acceptors (Lipinski definition) is 4. The standard InChI is InChI=1S/C14H18N4O/c1-2-10-18-11-9-17-13(14(18)19)16-8-6-12-5-3-4-7-15-12/h3-5,7,9,11H,2,6,8,10H2,1H3,(H,16,17). The molecule has 0 atom stereocenters. The third-order valence-electron chi connectivity index (χ3n) is 2.78. The van der Waals surface area contributed by atoms with Crippen LogP contribution >= 0.6 is 0 Å². The molecule has 2 aromatic heterocycles. The molecule has 100 valence electrons. The van der Waals surface area contributed by atoms with Crippen LogP contribution in [0.25, 0.3) is 0 Å². The highest BCUT2D eigenvalue weighted by atomic mass is 16.1. The van der Waals surface area contributed by atoms with Gasteiger partial charge in [-0.15, -0.1) is 0 Å². The monoisotopic (exact) mass is 258 g/mol. The van der Waals surface area contributed by atoms with Crippen molar-refractivity contribution in [2.24, 2.45) is 0 Å². The molecule has 2 rings (SSSR count). The molecule has 0 bridgehead atoms. The van der Waals surface area contributed by atoms with Gasteiger partial charge in [-0.2, -0.15) is 0 Å². The maximum Gasteiger partial charge on any atom is 0.293 e. The van der Waals surface area contributed by atoms with E-state index in [9.17, 15) is 4.79 Å². The summed E-state index contributed by atoms with van der Waals surface area (Å²) in [5, 5.41) is 3.08. The first-order valence-corrected chi connectivity index (χ1v) is 6.50. The van der Waals surface area contributed by atoms with E-state index in [1.165, 1.54) is 0 Å². The Bertz CT molecular complexity index is 565. The van der Waals surface area contributed by atoms with Crippen LogP contribution in [0.5, 0.6) is 0 Å². The summed E-state index contributed by atoms with van der Waals surface area (Å²) in [7, 11) is 0. The third kappa shape index (κ3) is 3.64. The smallest absolute Gasteiger partial charge is 0.293 e. The predicted octanol–water partition coefficient (Wildman–Crippen LogP) is 1.70. The van der Waals surface area contributed by atoms with Gasteiger partial charge in [0.1, 0.15) is 0 Å². The molecule has 0 aliphatic carbocycles. The van der Waals surface area contributed by atoms with Crippen LogP contribution in [0.3, 0.4) is 0 Å². The van der Waals surface area contributed by atoms with Gasteiger partial charge >= 0.3 is 0 Å². The summed E-state index contributed by atoms with van der Waals surface area (Å²) >= 11 is 0. The highest BCUT2D eigenvalue weighted by molar-refractivity contribution is 5.30. The van der Waals surface area contributed by atoms with Crippen molar-refractivity contribution in [2.45, 2.75) is 26.3 Å². The summed E-state index contributed by atoms with van der Waals surface area (Å²) in [5.41, 5.74) is 0.935. The van der Waals surface area contributed by atoms with Crippen LogP contribution in [0.4, 0.5) is 5.82 Å². The van der Waals surface area contributed by atoms with Crippen molar-refractivity contribution >= 4 is 5.82 Å². The Hall–Kier alpha value is -2.17. The van der Waals surface area contributed by atoms with Crippen LogP contribution in [-0.2, 0) is 13.0 Å². The molecule has 1 N–H and O–H groups in total. The Kier molecular flexibility index (Phi) is 4.66. The van der Waals surface area contributed by atoms with Gasteiger partial charge in [0.2, 0.25) is 0 Å². The molecule has 0 aliphatic heterocycles. The molecule has 2 heterocycles. The van der Waals surface area contributed by atoms with E-state index in [1.54, 1.807) is 23.2 Å². The van der Waals surface area contributed by atoms with Crippen molar-refractivity contribution in [1.29, 1.82) is 0 Å². The lowest BCUT2D eigenvalue weighted by atomic mass is 10.3. The number of aromatic nitrogens is 3. The maximum absolute atomic E-state index is 12.0. The first-order valence-electron chi connectivity index (χ1n) is 6.50. The van der Waals surface area contributed by atoms with Crippen molar-refractivity contribution in [3.05, 3.63) is 52.8 Å². The van der Waals surface area contributed by atoms with Gasteiger partial charge in [-0.3, -0.25) is 9.78 Å². The Labute approximate surface area is 112 Å². The van der Waals surface area contributed by atoms with Gasteiger partial charge in [0.25, 0.3) is 5.56 Å². The summed E-state index contributed by atoms with van der Waals surface area (Å²) in [4.78, 5) is 20.3. The molecule has 2 aromatic rings. The van der Waals surface area contributed by atoms with E-state index in [2.05, 4.69) is 15.3 Å². The lowest BCUT2D eigenvalue weighted by Crippen LogP contribution is -2.25. The highest BCUT2D eigenvalue weighted by Crippen LogP contribution is 1.97. The summed E-state index contributed by atoms with van der Waals surface area (Å²) < 4.78 is 1.68. The zero-order valence-electron chi connectivity index (χ0n) is 11.0. The number of rotatable bonds is 6. The molecular weight excluding hydrogens is 240 g/mol. The molecule has 0 saturated heterocycles. The quantitative estimate of drug-likeness (QED) is 0.856. The summed E-state index contributed by atoms with van der Waals surface area (Å²) in [6, 6.07) is 5.81. The largest absolute Gasteiger partial charge is 0.365 e. The Morgan fingerprint density at radius 2 is 2.16 bits per heavy atom. The molecular formula is C14H18N4O. The molecule has 0 spiro atoms. The summed E-state index contributed by atoms with van der Waals surface area (Å²) in [6.07, 6.45) is 6.84. The van der Waals surface area contributed by atoms with Gasteiger partial charge in [0, 0.05) is 43.8 Å². The zero-order chi connectivity index (χ0) is 13.5. The molecule has 5 nitrogen and oxygen atoms in total. The Morgan fingerprint density at radius 3 is 2.89 bits per heavy atom. The number of pyridine rings is 1. The van der Waals surface area contributed by atoms with E-state index in [4.69, 9.17) is 0 Å². The highest BCUT2D eigenvalue weighted by Gasteiger charge is 2.03. The molecule has 0 fully saturated rings. The minimum atomic E-state index is -0.0645. The molecule has 19 heavy (non-hydrogen) atoms. The van der Waals surface area contributed by atoms with Gasteiger partial charge < -0.3 is 9.88 Å². The van der Waals surface area contributed by atoms with Crippen LogP contribution in [0.1, 0.15) is 19.0 Å². The molecule has 0 amide bonds. The zero-order valence-corrected chi connectivity index (χ0v) is 11.0. The lowest BCUT2D eigenvalue weighted by Gasteiger charge is -2.07. The van der Waals surface area contributed by atoms with Crippen molar-refractivity contribution < 1.29 is 0 Å². The average Bonchev–Trinajstić information content (AvgIpc) is 2.44. The fraction of sp³-hybridized carbons (Fsp3) is 0.357. The van der Waals surface area contributed by atoms with E-state index < -0.39 is 0 Å². The van der Waals surface area contributed by atoms with Crippen LogP contribution in [0.2, 0.25) is 0 Å². The predicted molar refractivity (Wildman–Crippen MR) is 75.2 cm³/mol. The van der Waals surface area contributed by atoms with E-state index in [-0.39, 0.29) is 5.56 Å². The van der Waals surface area contributed by atoms with Crippen molar-refractivity contribution in [3.63, 3.8) is 0 Å². The Morgan fingerprint density at radius 1 is 1.26 bits per heavy atom. The van der Waals surface area contributed by atoms with Gasteiger partial charge in [-0.25, -0.2) is 4.98 Å². The molecule has 0 aliphatic rings. The van der Waals surface area contributed by atoms with Crippen molar-refractivity contribution in [3.8, 4) is 0 Å². The minimum Gasteiger partial charge on any atom is -0.365 e. The summed E-state index contributed by atoms with van der Waals surface area (Å²) in [6.45, 7) is 3.41. The Balaban J connectivity index is 1.96. The van der Waals surface area contributed by atoms with Crippen molar-refractivity contribution in [1.82, 2.24) is 14.5 Å². The number of anilines is 1. The normalized spacial score (nSPS) is 10.4. The second-order valence-electron chi connectivity index (χ2n) is 4.27. The number of nitrogens with zero attached hydrogens (tertiary/aromatic N) is 3. The van der Waals surface area contributed by atoms with Gasteiger partial charge in [0.15, 0.2) is 5.82 Å². The molecule has 0 saturated carbocycles. The van der Waals surface area contributed by atoms with Crippen LogP contribution in [0, 0.1) is 0 Å². The van der Waals surface area contributed by atoms with Crippen LogP contribution in [-0.4, -0.2) is 21.1 Å². The van der Waals surface area contributed by atoms with E-state index >= 15 is 0 Å². The first-order chi connectivity index (χ1) is 9.31. The minimum absolute atomic E-state index is 0.0645. The molecule has 0 aromatic carbocycles. The van der Waals surface area contributed by atoms with Crippen LogP contribution < -0.4 is 10.9 Å². The molecule has 0 radical (unpaired) electrons. The van der Waals surface area contributed by atoms with E-state index in [0.29, 0.717) is 12.4 Å². The fourth-order valence-corrected chi connectivity index (χ4v) is 1.84.